The molecule has 0 fully saturated rings. The van der Waals surface area contributed by atoms with E-state index >= 15 is 0 Å². The topological polar surface area (TPSA) is 74.6 Å². The van der Waals surface area contributed by atoms with Gasteiger partial charge in [-0.15, -0.1) is 0 Å². The Balaban J connectivity index is 3.19. The van der Waals surface area contributed by atoms with Gasteiger partial charge in [-0.25, -0.2) is 8.42 Å². The van der Waals surface area contributed by atoms with E-state index in [4.69, 9.17) is 16.7 Å². The standard InChI is InChI=1S/C10H13ClO4S/c1-7-3-4-8(10(13)9(7)11)16(14,15)6-2-5-12/h3-4,12-13H,2,5-6H2,1H3. The number of halogens is 1. The Morgan fingerprint density at radius 1 is 1.38 bits per heavy atom. The number of aliphatic hydroxyl groups excluding tert-OH is 1. The third-order valence-electron chi connectivity index (χ3n) is 2.18. The lowest BCUT2D eigenvalue weighted by Gasteiger charge is -2.08. The maximum Gasteiger partial charge on any atom is 0.182 e. The summed E-state index contributed by atoms with van der Waals surface area (Å²) < 4.78 is 23.5. The van der Waals surface area contributed by atoms with Crippen LogP contribution in [0.5, 0.6) is 5.75 Å². The first kappa shape index (κ1) is 13.3. The average molecular weight is 265 g/mol. The number of aliphatic hydroxyl groups is 1. The van der Waals surface area contributed by atoms with Crippen LogP contribution in [0.3, 0.4) is 0 Å². The van der Waals surface area contributed by atoms with E-state index in [1.807, 2.05) is 0 Å². The average Bonchev–Trinajstić information content (AvgIpc) is 2.23. The molecular weight excluding hydrogens is 252 g/mol. The van der Waals surface area contributed by atoms with Gasteiger partial charge in [-0.2, -0.15) is 0 Å². The van der Waals surface area contributed by atoms with Gasteiger partial charge in [0.15, 0.2) is 15.6 Å². The Kier molecular flexibility index (Phi) is 4.18. The molecular formula is C10H13ClO4S. The van der Waals surface area contributed by atoms with Crippen LogP contribution in [0.25, 0.3) is 0 Å². The van der Waals surface area contributed by atoms with E-state index in [9.17, 15) is 13.5 Å². The second-order valence-corrected chi connectivity index (χ2v) is 5.89. The zero-order valence-corrected chi connectivity index (χ0v) is 10.3. The number of hydrogen-bond donors (Lipinski definition) is 2. The van der Waals surface area contributed by atoms with Crippen LogP contribution in [-0.4, -0.2) is 31.0 Å². The molecule has 0 heterocycles. The van der Waals surface area contributed by atoms with Crippen molar-refractivity contribution in [2.24, 2.45) is 0 Å². The zero-order valence-electron chi connectivity index (χ0n) is 8.77. The third-order valence-corrected chi connectivity index (χ3v) is 4.48. The first-order valence-electron chi connectivity index (χ1n) is 4.72. The summed E-state index contributed by atoms with van der Waals surface area (Å²) in [5.41, 5.74) is 0.611. The fraction of sp³-hybridized carbons (Fsp3) is 0.400. The van der Waals surface area contributed by atoms with Crippen LogP contribution in [0.1, 0.15) is 12.0 Å². The molecule has 1 aromatic carbocycles. The van der Waals surface area contributed by atoms with Gasteiger partial charge in [-0.05, 0) is 25.0 Å². The molecule has 0 saturated carbocycles. The van der Waals surface area contributed by atoms with Gasteiger partial charge < -0.3 is 10.2 Å². The van der Waals surface area contributed by atoms with Crippen LogP contribution < -0.4 is 0 Å². The summed E-state index contributed by atoms with van der Waals surface area (Å²) in [6.07, 6.45) is 0.132. The SMILES string of the molecule is Cc1ccc(S(=O)(=O)CCCO)c(O)c1Cl. The van der Waals surface area contributed by atoms with E-state index in [0.717, 1.165) is 0 Å². The highest BCUT2D eigenvalue weighted by Gasteiger charge is 2.20. The lowest BCUT2D eigenvalue weighted by Crippen LogP contribution is -2.08. The van der Waals surface area contributed by atoms with Crippen molar-refractivity contribution < 1.29 is 18.6 Å². The van der Waals surface area contributed by atoms with E-state index in [2.05, 4.69) is 0 Å². The molecule has 0 radical (unpaired) electrons. The summed E-state index contributed by atoms with van der Waals surface area (Å²) in [4.78, 5) is -0.184. The monoisotopic (exact) mass is 264 g/mol. The van der Waals surface area contributed by atoms with Crippen molar-refractivity contribution in [2.75, 3.05) is 12.4 Å². The van der Waals surface area contributed by atoms with Crippen LogP contribution in [0, 0.1) is 6.92 Å². The van der Waals surface area contributed by atoms with Crippen LogP contribution in [0.15, 0.2) is 17.0 Å². The fourth-order valence-electron chi connectivity index (χ4n) is 1.26. The molecule has 90 valence electrons. The minimum absolute atomic E-state index is 0.0464. The molecule has 2 N–H and O–H groups in total. The summed E-state index contributed by atoms with van der Waals surface area (Å²) in [5.74, 6) is -0.629. The molecule has 0 unspecified atom stereocenters. The predicted octanol–water partition coefficient (Wildman–Crippen LogP) is 1.51. The van der Waals surface area contributed by atoms with Crippen molar-refractivity contribution in [3.63, 3.8) is 0 Å². The summed E-state index contributed by atoms with van der Waals surface area (Å²) >= 11 is 5.76. The summed E-state index contributed by atoms with van der Waals surface area (Å²) in [6, 6.07) is 2.86. The molecule has 4 nitrogen and oxygen atoms in total. The lowest BCUT2D eigenvalue weighted by atomic mass is 10.2. The van der Waals surface area contributed by atoms with Crippen LogP contribution in [0.4, 0.5) is 0 Å². The molecule has 1 rings (SSSR count). The van der Waals surface area contributed by atoms with Gasteiger partial charge in [-0.1, -0.05) is 17.7 Å². The molecule has 0 spiro atoms. The van der Waals surface area contributed by atoms with Crippen molar-refractivity contribution in [2.45, 2.75) is 18.2 Å². The van der Waals surface area contributed by atoms with Crippen molar-refractivity contribution in [3.8, 4) is 5.75 Å². The van der Waals surface area contributed by atoms with Crippen molar-refractivity contribution >= 4 is 21.4 Å². The van der Waals surface area contributed by atoms with Gasteiger partial charge in [0.1, 0.15) is 4.90 Å². The molecule has 1 aromatic rings. The number of rotatable bonds is 4. The molecule has 0 aromatic heterocycles. The number of aromatic hydroxyl groups is 1. The summed E-state index contributed by atoms with van der Waals surface area (Å²) in [7, 11) is -3.59. The first-order chi connectivity index (χ1) is 7.40. The molecule has 0 bridgehead atoms. The highest BCUT2D eigenvalue weighted by molar-refractivity contribution is 7.91. The second kappa shape index (κ2) is 5.03. The maximum atomic E-state index is 11.7. The number of phenolic OH excluding ortho intramolecular Hbond substituents is 1. The molecule has 0 saturated heterocycles. The van der Waals surface area contributed by atoms with Crippen LogP contribution >= 0.6 is 11.6 Å². The molecule has 6 heteroatoms. The number of aryl methyl sites for hydroxylation is 1. The van der Waals surface area contributed by atoms with Crippen LogP contribution in [-0.2, 0) is 9.84 Å². The fourth-order valence-corrected chi connectivity index (χ4v) is 2.89. The highest BCUT2D eigenvalue weighted by atomic mass is 35.5. The number of sulfone groups is 1. The van der Waals surface area contributed by atoms with Crippen molar-refractivity contribution in [1.82, 2.24) is 0 Å². The Bertz CT molecular complexity index is 482. The summed E-state index contributed by atoms with van der Waals surface area (Å²) in [6.45, 7) is 1.46. The van der Waals surface area contributed by atoms with E-state index in [0.29, 0.717) is 5.56 Å². The Morgan fingerprint density at radius 3 is 2.56 bits per heavy atom. The van der Waals surface area contributed by atoms with Gasteiger partial charge in [0.05, 0.1) is 10.8 Å². The van der Waals surface area contributed by atoms with E-state index in [1.54, 1.807) is 6.92 Å². The summed E-state index contributed by atoms with van der Waals surface area (Å²) in [5, 5.41) is 18.3. The van der Waals surface area contributed by atoms with Crippen molar-refractivity contribution in [1.29, 1.82) is 0 Å². The molecule has 0 aliphatic rings. The van der Waals surface area contributed by atoms with Gasteiger partial charge in [0.2, 0.25) is 0 Å². The third kappa shape index (κ3) is 2.66. The normalized spacial score (nSPS) is 11.7. The lowest BCUT2D eigenvalue weighted by molar-refractivity contribution is 0.295. The zero-order chi connectivity index (χ0) is 12.3. The largest absolute Gasteiger partial charge is 0.505 e. The van der Waals surface area contributed by atoms with Crippen molar-refractivity contribution in [3.05, 3.63) is 22.7 Å². The molecule has 0 aliphatic heterocycles. The van der Waals surface area contributed by atoms with Gasteiger partial charge in [0, 0.05) is 6.61 Å². The predicted molar refractivity (Wildman–Crippen MR) is 61.6 cm³/mol. The van der Waals surface area contributed by atoms with E-state index < -0.39 is 15.6 Å². The number of hydrogen-bond acceptors (Lipinski definition) is 4. The number of benzene rings is 1. The minimum Gasteiger partial charge on any atom is -0.505 e. The van der Waals surface area contributed by atoms with Gasteiger partial charge >= 0.3 is 0 Å². The second-order valence-electron chi connectivity index (χ2n) is 3.44. The maximum absolute atomic E-state index is 11.7. The smallest absolute Gasteiger partial charge is 0.182 e. The molecule has 0 atom stereocenters. The molecule has 0 amide bonds. The molecule has 16 heavy (non-hydrogen) atoms. The Morgan fingerprint density at radius 2 is 2.00 bits per heavy atom. The Labute approximate surface area is 99.4 Å². The molecule has 0 aliphatic carbocycles. The highest BCUT2D eigenvalue weighted by Crippen LogP contribution is 2.34. The number of phenols is 1. The van der Waals surface area contributed by atoms with Crippen LogP contribution in [0.2, 0.25) is 5.02 Å². The van der Waals surface area contributed by atoms with Gasteiger partial charge in [-0.3, -0.25) is 0 Å². The Hall–Kier alpha value is -0.780. The van der Waals surface area contributed by atoms with Gasteiger partial charge in [0.25, 0.3) is 0 Å². The van der Waals surface area contributed by atoms with E-state index in [1.165, 1.54) is 12.1 Å². The van der Waals surface area contributed by atoms with E-state index in [-0.39, 0.29) is 28.7 Å². The minimum atomic E-state index is -3.59. The quantitative estimate of drug-likeness (QED) is 0.864. The first-order valence-corrected chi connectivity index (χ1v) is 6.75.